The summed E-state index contributed by atoms with van der Waals surface area (Å²) in [5.41, 5.74) is 0.551. The Bertz CT molecular complexity index is 970. The van der Waals surface area contributed by atoms with E-state index < -0.39 is 10.0 Å². The second kappa shape index (κ2) is 8.45. The Morgan fingerprint density at radius 2 is 1.96 bits per heavy atom. The Hall–Kier alpha value is -2.18. The van der Waals surface area contributed by atoms with Crippen LogP contribution in [0, 0.1) is 0 Å². The summed E-state index contributed by atoms with van der Waals surface area (Å²) in [6.07, 6.45) is 2.12. The monoisotopic (exact) mass is 426 g/mol. The molecular weight excluding hydrogens is 404 g/mol. The first-order valence-corrected chi connectivity index (χ1v) is 11.4. The van der Waals surface area contributed by atoms with Gasteiger partial charge in [0.1, 0.15) is 0 Å². The Kier molecular flexibility index (Phi) is 6.20. The summed E-state index contributed by atoms with van der Waals surface area (Å²) in [5, 5.41) is 11.2. The zero-order chi connectivity index (χ0) is 20.3. The molecule has 3 rings (SSSR count). The van der Waals surface area contributed by atoms with Gasteiger partial charge in [-0.25, -0.2) is 13.2 Å². The van der Waals surface area contributed by atoms with Gasteiger partial charge in [0, 0.05) is 31.6 Å². The molecule has 1 saturated heterocycles. The molecule has 1 aliphatic rings. The number of imide groups is 1. The number of rotatable bonds is 9. The number of hydrogen-bond acceptors (Lipinski definition) is 7. The fourth-order valence-electron chi connectivity index (χ4n) is 2.88. The number of aromatic nitrogens is 3. The highest BCUT2D eigenvalue weighted by atomic mass is 32.2. The molecule has 0 radical (unpaired) electrons. The summed E-state index contributed by atoms with van der Waals surface area (Å²) >= 11 is 1.39. The Morgan fingerprint density at radius 3 is 2.61 bits per heavy atom. The number of carbonyl (C=O) groups excluding carboxylic acids is 2. The molecule has 10 nitrogen and oxygen atoms in total. The number of urea groups is 1. The summed E-state index contributed by atoms with van der Waals surface area (Å²) < 4.78 is 28.5. The summed E-state index contributed by atoms with van der Waals surface area (Å²) in [6, 6.07) is 2.79. The van der Waals surface area contributed by atoms with E-state index in [-0.39, 0.29) is 23.4 Å². The molecule has 3 amide bonds. The molecule has 12 heteroatoms. The third kappa shape index (κ3) is 3.98. The number of pyridine rings is 1. The van der Waals surface area contributed by atoms with Gasteiger partial charge in [0.05, 0.1) is 11.4 Å². The van der Waals surface area contributed by atoms with Gasteiger partial charge in [-0.15, -0.1) is 10.2 Å². The topological polar surface area (TPSA) is 117 Å². The van der Waals surface area contributed by atoms with Gasteiger partial charge in [-0.05, 0) is 18.6 Å². The van der Waals surface area contributed by atoms with Gasteiger partial charge < -0.3 is 5.32 Å². The van der Waals surface area contributed by atoms with Crippen molar-refractivity contribution in [1.82, 2.24) is 29.1 Å². The van der Waals surface area contributed by atoms with Crippen LogP contribution in [-0.2, 0) is 14.8 Å². The normalized spacial score (nSPS) is 15.0. The van der Waals surface area contributed by atoms with Crippen LogP contribution in [0.4, 0.5) is 4.79 Å². The third-order valence-electron chi connectivity index (χ3n) is 4.38. The first-order valence-electron chi connectivity index (χ1n) is 8.94. The number of hydrogen-bond donors (Lipinski definition) is 1. The number of sulfonamides is 1. The number of carbonyl (C=O) groups is 2. The molecule has 0 atom stereocenters. The van der Waals surface area contributed by atoms with Crippen molar-refractivity contribution in [3.63, 3.8) is 0 Å². The predicted molar refractivity (Wildman–Crippen MR) is 104 cm³/mol. The van der Waals surface area contributed by atoms with Crippen molar-refractivity contribution >= 4 is 39.4 Å². The van der Waals surface area contributed by atoms with Crippen LogP contribution in [0.25, 0.3) is 5.65 Å². The molecule has 152 valence electrons. The number of amides is 3. The van der Waals surface area contributed by atoms with Crippen LogP contribution in [0.2, 0.25) is 0 Å². The van der Waals surface area contributed by atoms with Gasteiger partial charge in [0.25, 0.3) is 0 Å². The Balaban J connectivity index is 1.70. The highest BCUT2D eigenvalue weighted by Crippen LogP contribution is 2.22. The van der Waals surface area contributed by atoms with E-state index in [1.165, 1.54) is 33.2 Å². The maximum Gasteiger partial charge on any atom is 0.324 e. The van der Waals surface area contributed by atoms with Crippen molar-refractivity contribution < 1.29 is 18.0 Å². The van der Waals surface area contributed by atoms with Crippen LogP contribution < -0.4 is 5.32 Å². The van der Waals surface area contributed by atoms with E-state index in [0.29, 0.717) is 42.6 Å². The van der Waals surface area contributed by atoms with Gasteiger partial charge in [0.2, 0.25) is 15.9 Å². The molecule has 1 aliphatic heterocycles. The van der Waals surface area contributed by atoms with Gasteiger partial charge in [-0.2, -0.15) is 4.31 Å². The number of nitrogens with one attached hydrogen (secondary N) is 1. The molecule has 0 saturated carbocycles. The van der Waals surface area contributed by atoms with Crippen LogP contribution in [0.5, 0.6) is 0 Å². The van der Waals surface area contributed by atoms with Crippen LogP contribution in [0.15, 0.2) is 28.4 Å². The first kappa shape index (κ1) is 20.6. The van der Waals surface area contributed by atoms with E-state index in [9.17, 15) is 18.0 Å². The number of thioether (sulfide) groups is 1. The van der Waals surface area contributed by atoms with E-state index in [2.05, 4.69) is 15.5 Å². The van der Waals surface area contributed by atoms with Gasteiger partial charge in [-0.1, -0.05) is 25.6 Å². The van der Waals surface area contributed by atoms with Gasteiger partial charge in [-0.3, -0.25) is 14.1 Å². The SMILES string of the molecule is CCN(CC)S(=O)(=O)c1ccc2nnc(SCCCN3C(=O)CNC3=O)n2c1. The number of fused-ring (bicyclic) bond motifs is 1. The minimum atomic E-state index is -3.58. The molecule has 0 spiro atoms. The summed E-state index contributed by atoms with van der Waals surface area (Å²) in [5.74, 6) is 0.374. The van der Waals surface area contributed by atoms with Crippen molar-refractivity contribution in [1.29, 1.82) is 0 Å². The van der Waals surface area contributed by atoms with Crippen LogP contribution in [-0.4, -0.2) is 76.1 Å². The minimum absolute atomic E-state index is 0.0462. The minimum Gasteiger partial charge on any atom is -0.329 e. The average molecular weight is 427 g/mol. The smallest absolute Gasteiger partial charge is 0.324 e. The van der Waals surface area contributed by atoms with Crippen LogP contribution in [0.1, 0.15) is 20.3 Å². The molecule has 2 aromatic heterocycles. The van der Waals surface area contributed by atoms with E-state index in [1.807, 2.05) is 0 Å². The Labute approximate surface area is 167 Å². The molecule has 1 N–H and O–H groups in total. The molecule has 1 fully saturated rings. The average Bonchev–Trinajstić information content (AvgIpc) is 3.22. The van der Waals surface area contributed by atoms with Gasteiger partial charge >= 0.3 is 6.03 Å². The third-order valence-corrected chi connectivity index (χ3v) is 7.44. The lowest BCUT2D eigenvalue weighted by atomic mass is 10.4. The first-order chi connectivity index (χ1) is 13.4. The van der Waals surface area contributed by atoms with E-state index >= 15 is 0 Å². The number of nitrogens with zero attached hydrogens (tertiary/aromatic N) is 5. The van der Waals surface area contributed by atoms with Crippen molar-refractivity contribution in [2.45, 2.75) is 30.3 Å². The summed E-state index contributed by atoms with van der Waals surface area (Å²) in [7, 11) is -3.58. The van der Waals surface area contributed by atoms with Crippen molar-refractivity contribution in [2.24, 2.45) is 0 Å². The van der Waals surface area contributed by atoms with E-state index in [0.717, 1.165) is 0 Å². The maximum atomic E-state index is 12.7. The molecular formula is C16H22N6O4S2. The van der Waals surface area contributed by atoms with Gasteiger partial charge in [0.15, 0.2) is 10.8 Å². The zero-order valence-corrected chi connectivity index (χ0v) is 17.3. The van der Waals surface area contributed by atoms with Crippen LogP contribution >= 0.6 is 11.8 Å². The Morgan fingerprint density at radius 1 is 1.21 bits per heavy atom. The standard InChI is InChI=1S/C16H22N6O4S2/c1-3-20(4-2)28(25,26)12-6-7-13-18-19-16(22(13)11-12)27-9-5-8-21-14(23)10-17-15(21)24/h6-7,11H,3-5,8-10H2,1-2H3,(H,17,24). The van der Waals surface area contributed by atoms with Crippen LogP contribution in [0.3, 0.4) is 0 Å². The molecule has 28 heavy (non-hydrogen) atoms. The fraction of sp³-hybridized carbons (Fsp3) is 0.500. The van der Waals surface area contributed by atoms with Crippen molar-refractivity contribution in [3.8, 4) is 0 Å². The lowest BCUT2D eigenvalue weighted by Gasteiger charge is -2.18. The molecule has 0 aromatic carbocycles. The molecule has 0 bridgehead atoms. The predicted octanol–water partition coefficient (Wildman–Crippen LogP) is 0.794. The maximum absolute atomic E-state index is 12.7. The second-order valence-electron chi connectivity index (χ2n) is 6.07. The molecule has 0 unspecified atom stereocenters. The zero-order valence-electron chi connectivity index (χ0n) is 15.7. The largest absolute Gasteiger partial charge is 0.329 e. The fourth-order valence-corrected chi connectivity index (χ4v) is 5.18. The molecule has 3 heterocycles. The van der Waals surface area contributed by atoms with Crippen molar-refractivity contribution in [3.05, 3.63) is 18.3 Å². The van der Waals surface area contributed by atoms with E-state index in [4.69, 9.17) is 0 Å². The lowest BCUT2D eigenvalue weighted by molar-refractivity contribution is -0.124. The highest BCUT2D eigenvalue weighted by molar-refractivity contribution is 7.99. The molecule has 2 aromatic rings. The second-order valence-corrected chi connectivity index (χ2v) is 9.07. The summed E-state index contributed by atoms with van der Waals surface area (Å²) in [6.45, 7) is 4.75. The van der Waals surface area contributed by atoms with E-state index in [1.54, 1.807) is 24.3 Å². The summed E-state index contributed by atoms with van der Waals surface area (Å²) in [4.78, 5) is 24.5. The lowest BCUT2D eigenvalue weighted by Crippen LogP contribution is -2.32. The quantitative estimate of drug-likeness (QED) is 0.358. The molecule has 0 aliphatic carbocycles. The van der Waals surface area contributed by atoms with Crippen molar-refractivity contribution in [2.75, 3.05) is 31.9 Å². The highest BCUT2D eigenvalue weighted by Gasteiger charge is 2.27.